The lowest BCUT2D eigenvalue weighted by Gasteiger charge is -2.34. The van der Waals surface area contributed by atoms with Crippen LogP contribution < -0.4 is 5.32 Å². The molecule has 6 heteroatoms. The third-order valence-electron chi connectivity index (χ3n) is 4.43. The summed E-state index contributed by atoms with van der Waals surface area (Å²) >= 11 is 0. The highest BCUT2D eigenvalue weighted by Gasteiger charge is 2.30. The van der Waals surface area contributed by atoms with Crippen LogP contribution in [0.25, 0.3) is 0 Å². The topological polar surface area (TPSA) is 55.9 Å². The maximum absolute atomic E-state index is 11.9. The molecule has 0 aromatic carbocycles. The molecule has 0 radical (unpaired) electrons. The summed E-state index contributed by atoms with van der Waals surface area (Å²) in [6, 6.07) is 0.644. The van der Waals surface area contributed by atoms with Crippen LogP contribution in [-0.2, 0) is 0 Å². The molecular formula is C14H26N4O2. The van der Waals surface area contributed by atoms with Crippen molar-refractivity contribution in [3.8, 4) is 0 Å². The maximum atomic E-state index is 11.9. The van der Waals surface area contributed by atoms with Crippen LogP contribution >= 0.6 is 0 Å². The number of nitrogens with zero attached hydrogens (tertiary/aromatic N) is 3. The van der Waals surface area contributed by atoms with Crippen molar-refractivity contribution in [1.82, 2.24) is 20.0 Å². The Labute approximate surface area is 121 Å². The van der Waals surface area contributed by atoms with E-state index in [1.165, 1.54) is 0 Å². The van der Waals surface area contributed by atoms with E-state index in [9.17, 15) is 9.59 Å². The van der Waals surface area contributed by atoms with Crippen LogP contribution in [0.1, 0.15) is 33.1 Å². The largest absolute Gasteiger partial charge is 0.338 e. The molecule has 0 bridgehead atoms. The number of hydrogen-bond donors (Lipinski definition) is 1. The monoisotopic (exact) mass is 282 g/mol. The van der Waals surface area contributed by atoms with Gasteiger partial charge in [0, 0.05) is 45.3 Å². The molecule has 0 aromatic rings. The predicted molar refractivity (Wildman–Crippen MR) is 77.6 cm³/mol. The molecule has 2 aliphatic heterocycles. The molecule has 2 aliphatic rings. The van der Waals surface area contributed by atoms with Crippen molar-refractivity contribution in [3.63, 3.8) is 0 Å². The first-order valence-corrected chi connectivity index (χ1v) is 7.57. The lowest BCUT2D eigenvalue weighted by atomic mass is 10.1. The van der Waals surface area contributed by atoms with Crippen molar-refractivity contribution in [2.75, 3.05) is 33.2 Å². The number of likely N-dealkylation sites (N-methyl/N-ethyl adjacent to an activating group) is 1. The zero-order valence-corrected chi connectivity index (χ0v) is 12.8. The number of hydrogen-bond acceptors (Lipinski definition) is 2. The fourth-order valence-corrected chi connectivity index (χ4v) is 2.94. The molecule has 0 aromatic heterocycles. The summed E-state index contributed by atoms with van der Waals surface area (Å²) in [5.74, 6) is 0. The van der Waals surface area contributed by atoms with Gasteiger partial charge in [0.25, 0.3) is 0 Å². The van der Waals surface area contributed by atoms with Gasteiger partial charge in [-0.05, 0) is 33.1 Å². The minimum atomic E-state index is 0.0494. The maximum Gasteiger partial charge on any atom is 0.320 e. The average molecular weight is 282 g/mol. The Morgan fingerprint density at radius 2 is 1.70 bits per heavy atom. The van der Waals surface area contributed by atoms with E-state index >= 15 is 0 Å². The number of rotatable bonds is 5. The van der Waals surface area contributed by atoms with Crippen LogP contribution in [0.2, 0.25) is 0 Å². The van der Waals surface area contributed by atoms with E-state index in [0.717, 1.165) is 45.4 Å². The van der Waals surface area contributed by atoms with Crippen molar-refractivity contribution in [2.24, 2.45) is 0 Å². The molecule has 0 aliphatic carbocycles. The van der Waals surface area contributed by atoms with Gasteiger partial charge in [-0.1, -0.05) is 0 Å². The highest BCUT2D eigenvalue weighted by atomic mass is 16.2. The summed E-state index contributed by atoms with van der Waals surface area (Å²) in [6.45, 7) is 7.44. The number of carbonyl (C=O) groups is 2. The van der Waals surface area contributed by atoms with Gasteiger partial charge in [0.2, 0.25) is 0 Å². The van der Waals surface area contributed by atoms with E-state index in [1.54, 1.807) is 4.90 Å². The Morgan fingerprint density at radius 1 is 1.05 bits per heavy atom. The van der Waals surface area contributed by atoms with E-state index in [1.807, 2.05) is 16.8 Å². The highest BCUT2D eigenvalue weighted by Crippen LogP contribution is 2.17. The van der Waals surface area contributed by atoms with Gasteiger partial charge in [-0.2, -0.15) is 0 Å². The second-order valence-corrected chi connectivity index (χ2v) is 5.95. The molecule has 114 valence electrons. The Hall–Kier alpha value is -1.46. The van der Waals surface area contributed by atoms with E-state index in [4.69, 9.17) is 0 Å². The molecular weight excluding hydrogens is 256 g/mol. The van der Waals surface area contributed by atoms with E-state index < -0.39 is 0 Å². The molecule has 4 amide bonds. The normalized spacial score (nSPS) is 23.1. The number of nitrogens with one attached hydrogen (secondary N) is 1. The molecule has 0 saturated carbocycles. The predicted octanol–water partition coefficient (Wildman–Crippen LogP) is 1.33. The summed E-state index contributed by atoms with van der Waals surface area (Å²) in [7, 11) is 1.84. The SMILES string of the molecule is CC(CCC(C)N1CCN(C)C1=O)N1CCCNC1=O. The van der Waals surface area contributed by atoms with Gasteiger partial charge in [0.15, 0.2) is 0 Å². The van der Waals surface area contributed by atoms with E-state index in [2.05, 4.69) is 19.2 Å². The summed E-state index contributed by atoms with van der Waals surface area (Å²) in [5.41, 5.74) is 0. The van der Waals surface area contributed by atoms with Crippen LogP contribution in [0.15, 0.2) is 0 Å². The van der Waals surface area contributed by atoms with Gasteiger partial charge < -0.3 is 20.0 Å². The number of carbonyl (C=O) groups excluding carboxylic acids is 2. The zero-order chi connectivity index (χ0) is 14.7. The van der Waals surface area contributed by atoms with Crippen molar-refractivity contribution in [1.29, 1.82) is 0 Å². The quantitative estimate of drug-likeness (QED) is 0.827. The van der Waals surface area contributed by atoms with Crippen LogP contribution in [0.3, 0.4) is 0 Å². The minimum absolute atomic E-state index is 0.0494. The van der Waals surface area contributed by atoms with Crippen molar-refractivity contribution in [3.05, 3.63) is 0 Å². The van der Waals surface area contributed by atoms with E-state index in [-0.39, 0.29) is 24.1 Å². The molecule has 2 heterocycles. The fraction of sp³-hybridized carbons (Fsp3) is 0.857. The van der Waals surface area contributed by atoms with Crippen molar-refractivity contribution >= 4 is 12.1 Å². The molecule has 0 spiro atoms. The number of urea groups is 2. The van der Waals surface area contributed by atoms with Crippen molar-refractivity contribution < 1.29 is 9.59 Å². The standard InChI is InChI=1S/C14H26N4O2/c1-11(17-8-4-7-15-13(17)19)5-6-12(2)18-10-9-16(3)14(18)20/h11-12H,4-10H2,1-3H3,(H,15,19). The van der Waals surface area contributed by atoms with Gasteiger partial charge in [0.1, 0.15) is 0 Å². The van der Waals surface area contributed by atoms with Gasteiger partial charge >= 0.3 is 12.1 Å². The van der Waals surface area contributed by atoms with E-state index in [0.29, 0.717) is 0 Å². The lowest BCUT2D eigenvalue weighted by molar-refractivity contribution is 0.153. The zero-order valence-electron chi connectivity index (χ0n) is 12.8. The van der Waals surface area contributed by atoms with Gasteiger partial charge in [-0.15, -0.1) is 0 Å². The Balaban J connectivity index is 1.79. The summed E-state index contributed by atoms with van der Waals surface area (Å²) in [6.07, 6.45) is 2.88. The average Bonchev–Trinajstić information content (AvgIpc) is 2.76. The lowest BCUT2D eigenvalue weighted by Crippen LogP contribution is -2.50. The molecule has 2 atom stereocenters. The minimum Gasteiger partial charge on any atom is -0.338 e. The second-order valence-electron chi connectivity index (χ2n) is 5.95. The first-order valence-electron chi connectivity index (χ1n) is 7.57. The molecule has 2 fully saturated rings. The van der Waals surface area contributed by atoms with Gasteiger partial charge in [-0.25, -0.2) is 9.59 Å². The number of amides is 4. The van der Waals surface area contributed by atoms with Crippen LogP contribution in [0.4, 0.5) is 9.59 Å². The first kappa shape index (κ1) is 14.9. The third kappa shape index (κ3) is 3.16. The fourth-order valence-electron chi connectivity index (χ4n) is 2.94. The second kappa shape index (κ2) is 6.33. The summed E-state index contributed by atoms with van der Waals surface area (Å²) < 4.78 is 0. The molecule has 2 rings (SSSR count). The summed E-state index contributed by atoms with van der Waals surface area (Å²) in [4.78, 5) is 29.3. The third-order valence-corrected chi connectivity index (χ3v) is 4.43. The molecule has 20 heavy (non-hydrogen) atoms. The Kier molecular flexibility index (Phi) is 4.73. The van der Waals surface area contributed by atoms with Crippen LogP contribution in [-0.4, -0.2) is 72.1 Å². The van der Waals surface area contributed by atoms with Gasteiger partial charge in [-0.3, -0.25) is 0 Å². The van der Waals surface area contributed by atoms with Crippen molar-refractivity contribution in [2.45, 2.75) is 45.2 Å². The summed E-state index contributed by atoms with van der Waals surface area (Å²) in [5, 5.41) is 2.88. The molecule has 2 saturated heterocycles. The first-order chi connectivity index (χ1) is 9.50. The molecule has 2 unspecified atom stereocenters. The Bertz CT molecular complexity index is 364. The molecule has 1 N–H and O–H groups in total. The molecule has 6 nitrogen and oxygen atoms in total. The Morgan fingerprint density at radius 3 is 2.25 bits per heavy atom. The van der Waals surface area contributed by atoms with Gasteiger partial charge in [0.05, 0.1) is 0 Å². The highest BCUT2D eigenvalue weighted by molar-refractivity contribution is 5.76. The van der Waals surface area contributed by atoms with Crippen LogP contribution in [0, 0.1) is 0 Å². The smallest absolute Gasteiger partial charge is 0.320 e. The van der Waals surface area contributed by atoms with Crippen LogP contribution in [0.5, 0.6) is 0 Å².